The van der Waals surface area contributed by atoms with E-state index >= 15 is 0 Å². The van der Waals surface area contributed by atoms with E-state index < -0.39 is 0 Å². The molecule has 3 nitrogen and oxygen atoms in total. The molecule has 0 saturated carbocycles. The van der Waals surface area contributed by atoms with Crippen LogP contribution in [-0.4, -0.2) is 14.4 Å². The van der Waals surface area contributed by atoms with Crippen LogP contribution in [0, 0.1) is 13.8 Å². The summed E-state index contributed by atoms with van der Waals surface area (Å²) in [5.74, 6) is 0.926. The molecular weight excluding hydrogens is 354 g/mol. The lowest BCUT2D eigenvalue weighted by molar-refractivity contribution is 1.16. The minimum absolute atomic E-state index is 0.926. The van der Waals surface area contributed by atoms with Crippen LogP contribution in [0.15, 0.2) is 78.9 Å². The summed E-state index contributed by atoms with van der Waals surface area (Å²) in [6.45, 7) is 4.29. The van der Waals surface area contributed by atoms with E-state index in [0.29, 0.717) is 0 Å². The van der Waals surface area contributed by atoms with Crippen molar-refractivity contribution >= 4 is 38.4 Å². The van der Waals surface area contributed by atoms with Gasteiger partial charge in [-0.1, -0.05) is 60.7 Å². The van der Waals surface area contributed by atoms with E-state index in [1.165, 1.54) is 16.5 Å². The van der Waals surface area contributed by atoms with Crippen LogP contribution < -0.4 is 0 Å². The van der Waals surface area contributed by atoms with Crippen LogP contribution in [0.1, 0.15) is 11.1 Å². The highest BCUT2D eigenvalue weighted by molar-refractivity contribution is 6.11. The van der Waals surface area contributed by atoms with E-state index in [4.69, 9.17) is 9.97 Å². The molecule has 0 aliphatic rings. The Balaban J connectivity index is 1.90. The molecule has 0 saturated heterocycles. The molecule has 2 aromatic heterocycles. The Kier molecular flexibility index (Phi) is 3.30. The number of hydrogen-bond acceptors (Lipinski definition) is 2. The molecule has 0 fully saturated rings. The third-order valence-corrected chi connectivity index (χ3v) is 5.87. The second kappa shape index (κ2) is 5.89. The fourth-order valence-electron chi connectivity index (χ4n) is 4.22. The molecule has 0 bridgehead atoms. The molecule has 0 aliphatic heterocycles. The number of nitrogens with zero attached hydrogens (tertiary/aromatic N) is 3. The van der Waals surface area contributed by atoms with E-state index in [-0.39, 0.29) is 0 Å². The number of imidazole rings is 1. The molecule has 6 aromatic rings. The van der Waals surface area contributed by atoms with Gasteiger partial charge in [-0.2, -0.15) is 0 Å². The number of aromatic nitrogens is 3. The topological polar surface area (TPSA) is 30.2 Å². The molecule has 0 unspecified atom stereocenters. The zero-order chi connectivity index (χ0) is 19.5. The lowest BCUT2D eigenvalue weighted by Gasteiger charge is -2.11. The van der Waals surface area contributed by atoms with Gasteiger partial charge in [-0.15, -0.1) is 0 Å². The summed E-state index contributed by atoms with van der Waals surface area (Å²) < 4.78 is 2.22. The zero-order valence-corrected chi connectivity index (χ0v) is 16.3. The summed E-state index contributed by atoms with van der Waals surface area (Å²) in [5.41, 5.74) is 7.67. The number of rotatable bonds is 1. The highest BCUT2D eigenvalue weighted by atomic mass is 15.1. The van der Waals surface area contributed by atoms with Gasteiger partial charge in [0.15, 0.2) is 0 Å². The van der Waals surface area contributed by atoms with Gasteiger partial charge in [-0.25, -0.2) is 9.97 Å². The Bertz CT molecular complexity index is 1560. The first-order chi connectivity index (χ1) is 14.2. The molecule has 0 amide bonds. The fourth-order valence-corrected chi connectivity index (χ4v) is 4.22. The zero-order valence-electron chi connectivity index (χ0n) is 16.3. The second-order valence-corrected chi connectivity index (χ2v) is 7.68. The molecule has 3 heteroatoms. The minimum atomic E-state index is 0.926. The predicted molar refractivity (Wildman–Crippen MR) is 120 cm³/mol. The molecule has 138 valence electrons. The number of fused-ring (bicyclic) bond motifs is 7. The Morgan fingerprint density at radius 1 is 0.690 bits per heavy atom. The Morgan fingerprint density at radius 2 is 1.45 bits per heavy atom. The summed E-state index contributed by atoms with van der Waals surface area (Å²) in [5, 5.41) is 3.43. The van der Waals surface area contributed by atoms with Crippen LogP contribution in [0.2, 0.25) is 0 Å². The fraction of sp³-hybridized carbons (Fsp3) is 0.0769. The van der Waals surface area contributed by atoms with Gasteiger partial charge in [0.05, 0.1) is 16.6 Å². The standard InChI is InChI=1S/C26H19N3/c1-16-14-22-23(15-17(16)2)29-25(19-9-4-3-5-10-19)28-24-20-11-7-6-8-18(20)12-13-21(24)26(29)27-22/h3-15H,1-2H3. The van der Waals surface area contributed by atoms with Crippen molar-refractivity contribution in [3.05, 3.63) is 90.0 Å². The SMILES string of the molecule is Cc1cc2nc3c4ccc5ccccc5c4nc(-c4ccccc4)n3c2cc1C. The van der Waals surface area contributed by atoms with Crippen molar-refractivity contribution in [2.75, 3.05) is 0 Å². The molecule has 4 aromatic carbocycles. The van der Waals surface area contributed by atoms with Crippen molar-refractivity contribution in [1.82, 2.24) is 14.4 Å². The van der Waals surface area contributed by atoms with Gasteiger partial charge in [0.25, 0.3) is 0 Å². The smallest absolute Gasteiger partial charge is 0.149 e. The lowest BCUT2D eigenvalue weighted by atomic mass is 10.1. The average molecular weight is 373 g/mol. The monoisotopic (exact) mass is 373 g/mol. The molecule has 2 heterocycles. The first-order valence-electron chi connectivity index (χ1n) is 9.87. The van der Waals surface area contributed by atoms with Crippen LogP contribution in [0.25, 0.3) is 49.7 Å². The Labute approximate surface area is 168 Å². The maximum absolute atomic E-state index is 5.20. The molecule has 0 spiro atoms. The largest absolute Gasteiger partial charge is 0.276 e. The molecular formula is C26H19N3. The highest BCUT2D eigenvalue weighted by Crippen LogP contribution is 2.33. The van der Waals surface area contributed by atoms with Gasteiger partial charge >= 0.3 is 0 Å². The van der Waals surface area contributed by atoms with Crippen molar-refractivity contribution in [2.45, 2.75) is 13.8 Å². The highest BCUT2D eigenvalue weighted by Gasteiger charge is 2.17. The van der Waals surface area contributed by atoms with Gasteiger partial charge in [0.2, 0.25) is 0 Å². The Hall–Kier alpha value is -3.72. The van der Waals surface area contributed by atoms with Crippen molar-refractivity contribution in [3.8, 4) is 11.4 Å². The van der Waals surface area contributed by atoms with E-state index in [0.717, 1.165) is 44.4 Å². The van der Waals surface area contributed by atoms with E-state index in [9.17, 15) is 0 Å². The molecule has 29 heavy (non-hydrogen) atoms. The summed E-state index contributed by atoms with van der Waals surface area (Å²) in [6.07, 6.45) is 0. The average Bonchev–Trinajstić information content (AvgIpc) is 3.12. The Morgan fingerprint density at radius 3 is 2.31 bits per heavy atom. The lowest BCUT2D eigenvalue weighted by Crippen LogP contribution is -1.98. The summed E-state index contributed by atoms with van der Waals surface area (Å²) in [6, 6.07) is 27.5. The maximum atomic E-state index is 5.20. The van der Waals surface area contributed by atoms with Crippen molar-refractivity contribution in [2.24, 2.45) is 0 Å². The van der Waals surface area contributed by atoms with Gasteiger partial charge in [-0.05, 0) is 48.6 Å². The molecule has 0 aliphatic carbocycles. The third-order valence-electron chi connectivity index (χ3n) is 5.87. The van der Waals surface area contributed by atoms with Crippen LogP contribution in [0.4, 0.5) is 0 Å². The first kappa shape index (κ1) is 16.3. The predicted octanol–water partition coefficient (Wildman–Crippen LogP) is 6.47. The van der Waals surface area contributed by atoms with Crippen molar-refractivity contribution in [3.63, 3.8) is 0 Å². The van der Waals surface area contributed by atoms with Gasteiger partial charge in [0.1, 0.15) is 11.5 Å². The second-order valence-electron chi connectivity index (χ2n) is 7.68. The third kappa shape index (κ3) is 2.31. The van der Waals surface area contributed by atoms with Gasteiger partial charge < -0.3 is 0 Å². The van der Waals surface area contributed by atoms with Gasteiger partial charge in [0, 0.05) is 16.3 Å². The summed E-state index contributed by atoms with van der Waals surface area (Å²) in [4.78, 5) is 10.3. The first-order valence-corrected chi connectivity index (χ1v) is 9.87. The molecule has 0 atom stereocenters. The summed E-state index contributed by atoms with van der Waals surface area (Å²) in [7, 11) is 0. The van der Waals surface area contributed by atoms with E-state index in [2.05, 4.69) is 91.0 Å². The number of benzene rings is 4. The maximum Gasteiger partial charge on any atom is 0.149 e. The van der Waals surface area contributed by atoms with Crippen LogP contribution in [0.3, 0.4) is 0 Å². The minimum Gasteiger partial charge on any atom is -0.276 e. The van der Waals surface area contributed by atoms with E-state index in [1.54, 1.807) is 0 Å². The quantitative estimate of drug-likeness (QED) is 0.309. The van der Waals surface area contributed by atoms with Crippen LogP contribution in [0.5, 0.6) is 0 Å². The van der Waals surface area contributed by atoms with Crippen LogP contribution in [-0.2, 0) is 0 Å². The van der Waals surface area contributed by atoms with Crippen molar-refractivity contribution in [1.29, 1.82) is 0 Å². The van der Waals surface area contributed by atoms with E-state index in [1.807, 2.05) is 6.07 Å². The number of aryl methyl sites for hydroxylation is 2. The van der Waals surface area contributed by atoms with Crippen LogP contribution >= 0.6 is 0 Å². The normalized spacial score (nSPS) is 11.8. The van der Waals surface area contributed by atoms with Crippen molar-refractivity contribution < 1.29 is 0 Å². The summed E-state index contributed by atoms with van der Waals surface area (Å²) >= 11 is 0. The molecule has 0 N–H and O–H groups in total. The number of hydrogen-bond donors (Lipinski definition) is 0. The molecule has 0 radical (unpaired) electrons. The van der Waals surface area contributed by atoms with Gasteiger partial charge in [-0.3, -0.25) is 4.40 Å². The molecule has 6 rings (SSSR count).